The normalized spacial score (nSPS) is 11.3. The third-order valence-electron chi connectivity index (χ3n) is 5.22. The van der Waals surface area contributed by atoms with Crippen LogP contribution in [0, 0.1) is 0 Å². The van der Waals surface area contributed by atoms with E-state index < -0.39 is 30.5 Å². The first-order valence-electron chi connectivity index (χ1n) is 10.7. The molecule has 10 heteroatoms. The number of rotatable bonds is 10. The van der Waals surface area contributed by atoms with Gasteiger partial charge < -0.3 is 24.6 Å². The molecule has 1 atom stereocenters. The lowest BCUT2D eigenvalue weighted by molar-refractivity contribution is -0.143. The maximum absolute atomic E-state index is 12.8. The van der Waals surface area contributed by atoms with Gasteiger partial charge in [-0.05, 0) is 35.4 Å². The van der Waals surface area contributed by atoms with Crippen molar-refractivity contribution < 1.29 is 33.7 Å². The molecule has 0 spiro atoms. The van der Waals surface area contributed by atoms with E-state index in [1.54, 1.807) is 48.5 Å². The summed E-state index contributed by atoms with van der Waals surface area (Å²) < 4.78 is 15.7. The molecule has 0 aliphatic rings. The molecular weight excluding hydrogens is 509 g/mol. The average Bonchev–Trinajstić information content (AvgIpc) is 2.86. The van der Waals surface area contributed by atoms with Crippen molar-refractivity contribution >= 4 is 41.0 Å². The second kappa shape index (κ2) is 12.3. The van der Waals surface area contributed by atoms with Gasteiger partial charge in [-0.25, -0.2) is 9.59 Å². The fourth-order valence-electron chi connectivity index (χ4n) is 3.55. The first kappa shape index (κ1) is 26.8. The predicted octanol–water partition coefficient (Wildman–Crippen LogP) is 4.65. The number of benzene rings is 3. The van der Waals surface area contributed by atoms with Crippen molar-refractivity contribution in [2.24, 2.45) is 0 Å². The molecule has 2 N–H and O–H groups in total. The Hall–Kier alpha value is -3.75. The SMILES string of the molecule is COC(=O)C(Cc1ccc(-c2c(OC)cccc2OCC(=O)O)cc1)NC(=O)c1c(Cl)cccc1Cl. The number of esters is 1. The van der Waals surface area contributed by atoms with Crippen LogP contribution in [0.5, 0.6) is 11.5 Å². The number of carboxylic acids is 1. The largest absolute Gasteiger partial charge is 0.496 e. The fourth-order valence-corrected chi connectivity index (χ4v) is 4.12. The van der Waals surface area contributed by atoms with E-state index in [1.807, 2.05) is 0 Å². The molecule has 0 aliphatic carbocycles. The van der Waals surface area contributed by atoms with Crippen LogP contribution < -0.4 is 14.8 Å². The number of carbonyl (C=O) groups is 3. The first-order valence-corrected chi connectivity index (χ1v) is 11.4. The summed E-state index contributed by atoms with van der Waals surface area (Å²) in [6, 6.07) is 15.9. The minimum atomic E-state index is -1.10. The second-order valence-corrected chi connectivity index (χ2v) is 8.38. The van der Waals surface area contributed by atoms with E-state index >= 15 is 0 Å². The predicted molar refractivity (Wildman–Crippen MR) is 135 cm³/mol. The van der Waals surface area contributed by atoms with E-state index in [0.717, 1.165) is 5.56 Å². The molecule has 3 rings (SSSR count). The number of methoxy groups -OCH3 is 2. The summed E-state index contributed by atoms with van der Waals surface area (Å²) in [5, 5.41) is 11.9. The Labute approximate surface area is 217 Å². The first-order chi connectivity index (χ1) is 17.2. The fraction of sp³-hybridized carbons (Fsp3) is 0.192. The van der Waals surface area contributed by atoms with Gasteiger partial charge in [0.2, 0.25) is 0 Å². The van der Waals surface area contributed by atoms with Crippen LogP contribution >= 0.6 is 23.2 Å². The Morgan fingerprint density at radius 1 is 0.917 bits per heavy atom. The molecule has 0 saturated heterocycles. The number of carboxylic acid groups (broad SMARTS) is 1. The van der Waals surface area contributed by atoms with E-state index in [4.69, 9.17) is 42.5 Å². The van der Waals surface area contributed by atoms with Gasteiger partial charge in [0.1, 0.15) is 17.5 Å². The minimum absolute atomic E-state index is 0.0650. The smallest absolute Gasteiger partial charge is 0.341 e. The van der Waals surface area contributed by atoms with Gasteiger partial charge in [-0.2, -0.15) is 0 Å². The van der Waals surface area contributed by atoms with Crippen LogP contribution in [-0.4, -0.2) is 49.8 Å². The third-order valence-corrected chi connectivity index (χ3v) is 5.85. The Kier molecular flexibility index (Phi) is 9.16. The van der Waals surface area contributed by atoms with Crippen LogP contribution in [-0.2, 0) is 20.7 Å². The molecule has 0 aromatic heterocycles. The summed E-state index contributed by atoms with van der Waals surface area (Å²) >= 11 is 12.2. The van der Waals surface area contributed by atoms with E-state index in [9.17, 15) is 14.4 Å². The van der Waals surface area contributed by atoms with Gasteiger partial charge in [0.05, 0.1) is 35.4 Å². The van der Waals surface area contributed by atoms with Crippen molar-refractivity contribution in [2.45, 2.75) is 12.5 Å². The number of hydrogen-bond donors (Lipinski definition) is 2. The maximum atomic E-state index is 12.8. The van der Waals surface area contributed by atoms with Crippen LogP contribution in [0.3, 0.4) is 0 Å². The molecule has 8 nitrogen and oxygen atoms in total. The van der Waals surface area contributed by atoms with Crippen molar-refractivity contribution in [1.29, 1.82) is 0 Å². The zero-order valence-electron chi connectivity index (χ0n) is 19.4. The number of halogens is 2. The molecular formula is C26H23Cl2NO7. The quantitative estimate of drug-likeness (QED) is 0.366. The minimum Gasteiger partial charge on any atom is -0.496 e. The van der Waals surface area contributed by atoms with Crippen LogP contribution in [0.2, 0.25) is 10.0 Å². The van der Waals surface area contributed by atoms with Gasteiger partial charge in [-0.3, -0.25) is 4.79 Å². The summed E-state index contributed by atoms with van der Waals surface area (Å²) in [6.45, 7) is -0.506. The van der Waals surface area contributed by atoms with Crippen molar-refractivity contribution in [1.82, 2.24) is 5.32 Å². The zero-order valence-corrected chi connectivity index (χ0v) is 20.9. The van der Waals surface area contributed by atoms with E-state index in [-0.39, 0.29) is 22.0 Å². The highest BCUT2D eigenvalue weighted by atomic mass is 35.5. The van der Waals surface area contributed by atoms with Crippen LogP contribution in [0.4, 0.5) is 0 Å². The molecule has 1 amide bonds. The monoisotopic (exact) mass is 531 g/mol. The maximum Gasteiger partial charge on any atom is 0.341 e. The summed E-state index contributed by atoms with van der Waals surface area (Å²) in [6.07, 6.45) is 0.134. The number of nitrogens with one attached hydrogen (secondary N) is 1. The highest BCUT2D eigenvalue weighted by molar-refractivity contribution is 6.39. The molecule has 0 radical (unpaired) electrons. The van der Waals surface area contributed by atoms with Crippen molar-refractivity contribution in [3.05, 3.63) is 81.8 Å². The Balaban J connectivity index is 1.85. The summed E-state index contributed by atoms with van der Waals surface area (Å²) in [5.41, 5.74) is 2.08. The molecule has 0 saturated carbocycles. The van der Waals surface area contributed by atoms with Crippen molar-refractivity contribution in [2.75, 3.05) is 20.8 Å². The van der Waals surface area contributed by atoms with E-state index in [0.29, 0.717) is 22.6 Å². The molecule has 0 aliphatic heterocycles. The third kappa shape index (κ3) is 6.47. The molecule has 1 unspecified atom stereocenters. The number of aliphatic carboxylic acids is 1. The highest BCUT2D eigenvalue weighted by Gasteiger charge is 2.25. The number of amides is 1. The zero-order chi connectivity index (χ0) is 26.2. The summed E-state index contributed by atoms with van der Waals surface area (Å²) in [7, 11) is 2.73. The molecule has 3 aromatic carbocycles. The van der Waals surface area contributed by atoms with Crippen LogP contribution in [0.15, 0.2) is 60.7 Å². The Bertz CT molecular complexity index is 1240. The molecule has 0 bridgehead atoms. The van der Waals surface area contributed by atoms with E-state index in [1.165, 1.54) is 26.4 Å². The van der Waals surface area contributed by atoms with Gasteiger partial charge >= 0.3 is 11.9 Å². The van der Waals surface area contributed by atoms with Crippen LogP contribution in [0.1, 0.15) is 15.9 Å². The van der Waals surface area contributed by atoms with Crippen LogP contribution in [0.25, 0.3) is 11.1 Å². The van der Waals surface area contributed by atoms with Gasteiger partial charge in [-0.15, -0.1) is 0 Å². The summed E-state index contributed by atoms with van der Waals surface area (Å²) in [4.78, 5) is 36.2. The van der Waals surface area contributed by atoms with Gasteiger partial charge in [0.25, 0.3) is 5.91 Å². The lowest BCUT2D eigenvalue weighted by Gasteiger charge is -2.18. The van der Waals surface area contributed by atoms with Gasteiger partial charge in [0.15, 0.2) is 6.61 Å². The highest BCUT2D eigenvalue weighted by Crippen LogP contribution is 2.38. The molecule has 0 heterocycles. The number of ether oxygens (including phenoxy) is 3. The van der Waals surface area contributed by atoms with Gasteiger partial charge in [0, 0.05) is 6.42 Å². The lowest BCUT2D eigenvalue weighted by Crippen LogP contribution is -2.43. The van der Waals surface area contributed by atoms with Gasteiger partial charge in [-0.1, -0.05) is 59.6 Å². The standard InChI is InChI=1S/C26H23Cl2NO7/c1-34-20-7-4-8-21(36-14-22(30)31)23(20)16-11-9-15(10-12-16)13-19(26(33)35-2)29-25(32)24-17(27)5-3-6-18(24)28/h3-12,19H,13-14H2,1-2H3,(H,29,32)(H,30,31). The molecule has 36 heavy (non-hydrogen) atoms. The average molecular weight is 532 g/mol. The number of hydrogen-bond acceptors (Lipinski definition) is 6. The summed E-state index contributed by atoms with van der Waals surface area (Å²) in [5.74, 6) is -1.49. The van der Waals surface area contributed by atoms with Crippen molar-refractivity contribution in [3.8, 4) is 22.6 Å². The Morgan fingerprint density at radius 2 is 1.53 bits per heavy atom. The topological polar surface area (TPSA) is 111 Å². The molecule has 3 aromatic rings. The number of carbonyl (C=O) groups excluding carboxylic acids is 2. The van der Waals surface area contributed by atoms with Crippen molar-refractivity contribution in [3.63, 3.8) is 0 Å². The Morgan fingerprint density at radius 3 is 2.11 bits per heavy atom. The molecule has 188 valence electrons. The lowest BCUT2D eigenvalue weighted by atomic mass is 9.99. The van der Waals surface area contributed by atoms with E-state index in [2.05, 4.69) is 5.32 Å². The molecule has 0 fully saturated rings. The second-order valence-electron chi connectivity index (χ2n) is 7.56.